The third-order valence-corrected chi connectivity index (χ3v) is 4.57. The molecule has 2 heteroatoms. The van der Waals surface area contributed by atoms with Crippen molar-refractivity contribution in [3.63, 3.8) is 0 Å². The number of hydrogen-bond donors (Lipinski definition) is 0. The number of rotatable bonds is 2. The van der Waals surface area contributed by atoms with Crippen LogP contribution in [0.2, 0.25) is 0 Å². The summed E-state index contributed by atoms with van der Waals surface area (Å²) < 4.78 is 0. The molecule has 0 spiro atoms. The van der Waals surface area contributed by atoms with Gasteiger partial charge < -0.3 is 4.90 Å². The third-order valence-electron chi connectivity index (χ3n) is 4.57. The lowest BCUT2D eigenvalue weighted by Gasteiger charge is -2.30. The van der Waals surface area contributed by atoms with Crippen LogP contribution in [0.1, 0.15) is 24.5 Å². The van der Waals surface area contributed by atoms with E-state index in [0.29, 0.717) is 6.04 Å². The molecule has 1 aliphatic heterocycles. The Morgan fingerprint density at radius 2 is 1.35 bits per heavy atom. The Bertz CT molecular complexity index is 486. The predicted octanol–water partition coefficient (Wildman–Crippen LogP) is 4.12. The van der Waals surface area contributed by atoms with Crippen molar-refractivity contribution in [2.75, 3.05) is 13.6 Å². The molecule has 1 unspecified atom stereocenters. The van der Waals surface area contributed by atoms with Gasteiger partial charge in [0.15, 0.2) is 0 Å². The fourth-order valence-corrected chi connectivity index (χ4v) is 3.41. The highest BCUT2D eigenvalue weighted by molar-refractivity contribution is 5.85. The standard InChI is InChI=1S/C18H21N.ClH/c1-15-13-18(14-19(15)2,16-9-5-3-6-10-16)17-11-7-4-8-12-17;/h3-12,15H,13-14H2,1-2H3;1H. The van der Waals surface area contributed by atoms with Crippen molar-refractivity contribution >= 4 is 12.4 Å². The molecular formula is C18H22ClN. The van der Waals surface area contributed by atoms with Crippen LogP contribution in [0.4, 0.5) is 0 Å². The molecule has 0 saturated carbocycles. The van der Waals surface area contributed by atoms with E-state index < -0.39 is 0 Å². The lowest BCUT2D eigenvalue weighted by molar-refractivity contribution is 0.324. The molecule has 1 nitrogen and oxygen atoms in total. The third kappa shape index (κ3) is 2.48. The minimum Gasteiger partial charge on any atom is -0.302 e. The lowest BCUT2D eigenvalue weighted by Crippen LogP contribution is -2.31. The Kier molecular flexibility index (Phi) is 4.52. The van der Waals surface area contributed by atoms with Crippen LogP contribution >= 0.6 is 12.4 Å². The molecule has 1 fully saturated rings. The first kappa shape index (κ1) is 15.1. The molecule has 106 valence electrons. The SMILES string of the molecule is CC1CC(c2ccccc2)(c2ccccc2)CN1C.Cl. The zero-order chi connectivity index (χ0) is 13.3. The molecule has 1 saturated heterocycles. The first-order valence-corrected chi connectivity index (χ1v) is 7.04. The van der Waals surface area contributed by atoms with Gasteiger partial charge in [0.05, 0.1) is 0 Å². The lowest BCUT2D eigenvalue weighted by atomic mass is 9.73. The van der Waals surface area contributed by atoms with Crippen LogP contribution in [0, 0.1) is 0 Å². The normalized spacial score (nSPS) is 21.4. The quantitative estimate of drug-likeness (QED) is 0.803. The molecule has 2 aromatic rings. The largest absolute Gasteiger partial charge is 0.302 e. The van der Waals surface area contributed by atoms with Crippen molar-refractivity contribution in [2.24, 2.45) is 0 Å². The molecule has 0 bridgehead atoms. The summed E-state index contributed by atoms with van der Waals surface area (Å²) in [7, 11) is 2.23. The second-order valence-electron chi connectivity index (χ2n) is 5.78. The van der Waals surface area contributed by atoms with E-state index in [1.165, 1.54) is 17.5 Å². The minimum atomic E-state index is 0. The van der Waals surface area contributed by atoms with Crippen molar-refractivity contribution in [1.29, 1.82) is 0 Å². The highest BCUT2D eigenvalue weighted by Crippen LogP contribution is 2.42. The number of halogens is 1. The Morgan fingerprint density at radius 1 is 0.900 bits per heavy atom. The Morgan fingerprint density at radius 3 is 1.70 bits per heavy atom. The summed E-state index contributed by atoms with van der Waals surface area (Å²) >= 11 is 0. The molecule has 0 aromatic heterocycles. The van der Waals surface area contributed by atoms with E-state index in [2.05, 4.69) is 79.5 Å². The molecule has 20 heavy (non-hydrogen) atoms. The molecule has 0 radical (unpaired) electrons. The number of benzene rings is 2. The summed E-state index contributed by atoms with van der Waals surface area (Å²) in [5, 5.41) is 0. The van der Waals surface area contributed by atoms with Crippen LogP contribution in [0.3, 0.4) is 0 Å². The van der Waals surface area contributed by atoms with Gasteiger partial charge in [0.25, 0.3) is 0 Å². The summed E-state index contributed by atoms with van der Waals surface area (Å²) in [6.07, 6.45) is 1.19. The topological polar surface area (TPSA) is 3.24 Å². The average Bonchev–Trinajstić information content (AvgIpc) is 2.78. The zero-order valence-corrected chi connectivity index (χ0v) is 12.9. The van der Waals surface area contributed by atoms with E-state index in [4.69, 9.17) is 0 Å². The van der Waals surface area contributed by atoms with Crippen molar-refractivity contribution < 1.29 is 0 Å². The molecule has 3 rings (SSSR count). The van der Waals surface area contributed by atoms with Gasteiger partial charge in [0.1, 0.15) is 0 Å². The number of hydrogen-bond acceptors (Lipinski definition) is 1. The van der Waals surface area contributed by atoms with E-state index in [9.17, 15) is 0 Å². The van der Waals surface area contributed by atoms with E-state index >= 15 is 0 Å². The van der Waals surface area contributed by atoms with Crippen LogP contribution in [0.25, 0.3) is 0 Å². The van der Waals surface area contributed by atoms with Crippen LogP contribution < -0.4 is 0 Å². The first-order chi connectivity index (χ1) is 9.22. The summed E-state index contributed by atoms with van der Waals surface area (Å²) in [4.78, 5) is 2.47. The summed E-state index contributed by atoms with van der Waals surface area (Å²) in [6, 6.07) is 22.6. The molecule has 0 N–H and O–H groups in total. The Labute approximate surface area is 128 Å². The maximum atomic E-state index is 2.47. The van der Waals surface area contributed by atoms with Crippen molar-refractivity contribution in [3.8, 4) is 0 Å². The smallest absolute Gasteiger partial charge is 0.0344 e. The van der Waals surface area contributed by atoms with Gasteiger partial charge in [0, 0.05) is 18.0 Å². The number of nitrogens with zero attached hydrogens (tertiary/aromatic N) is 1. The second kappa shape index (κ2) is 5.99. The Hall–Kier alpha value is -1.31. The number of likely N-dealkylation sites (N-methyl/N-ethyl adjacent to an activating group) is 1. The van der Waals surface area contributed by atoms with Gasteiger partial charge in [-0.2, -0.15) is 0 Å². The maximum Gasteiger partial charge on any atom is 0.0344 e. The zero-order valence-electron chi connectivity index (χ0n) is 12.1. The molecule has 1 aliphatic rings. The van der Waals surface area contributed by atoms with Crippen LogP contribution in [0.5, 0.6) is 0 Å². The molecular weight excluding hydrogens is 266 g/mol. The predicted molar refractivity (Wildman–Crippen MR) is 87.6 cm³/mol. The van der Waals surface area contributed by atoms with Gasteiger partial charge in [-0.05, 0) is 31.5 Å². The second-order valence-corrected chi connectivity index (χ2v) is 5.78. The van der Waals surface area contributed by atoms with Gasteiger partial charge in [-0.1, -0.05) is 60.7 Å². The van der Waals surface area contributed by atoms with Crippen molar-refractivity contribution in [1.82, 2.24) is 4.90 Å². The Balaban J connectivity index is 0.00000147. The van der Waals surface area contributed by atoms with Gasteiger partial charge in [0.2, 0.25) is 0 Å². The first-order valence-electron chi connectivity index (χ1n) is 7.04. The van der Waals surface area contributed by atoms with E-state index in [-0.39, 0.29) is 17.8 Å². The van der Waals surface area contributed by atoms with E-state index in [1.807, 2.05) is 0 Å². The molecule has 1 heterocycles. The molecule has 0 aliphatic carbocycles. The fourth-order valence-electron chi connectivity index (χ4n) is 3.41. The van der Waals surface area contributed by atoms with E-state index in [0.717, 1.165) is 6.54 Å². The summed E-state index contributed by atoms with van der Waals surface area (Å²) in [5.41, 5.74) is 3.03. The highest BCUT2D eigenvalue weighted by atomic mass is 35.5. The van der Waals surface area contributed by atoms with Gasteiger partial charge in [-0.3, -0.25) is 0 Å². The maximum absolute atomic E-state index is 2.47. The molecule has 1 atom stereocenters. The van der Waals surface area contributed by atoms with Gasteiger partial charge in [-0.25, -0.2) is 0 Å². The van der Waals surface area contributed by atoms with Gasteiger partial charge in [-0.15, -0.1) is 12.4 Å². The number of likely N-dealkylation sites (tertiary alicyclic amines) is 1. The van der Waals surface area contributed by atoms with E-state index in [1.54, 1.807) is 0 Å². The average molecular weight is 288 g/mol. The van der Waals surface area contributed by atoms with Crippen LogP contribution in [-0.4, -0.2) is 24.5 Å². The summed E-state index contributed by atoms with van der Waals surface area (Å²) in [5.74, 6) is 0. The van der Waals surface area contributed by atoms with Crippen LogP contribution in [0.15, 0.2) is 60.7 Å². The highest BCUT2D eigenvalue weighted by Gasteiger charge is 2.43. The van der Waals surface area contributed by atoms with Crippen molar-refractivity contribution in [3.05, 3.63) is 71.8 Å². The molecule has 2 aromatic carbocycles. The van der Waals surface area contributed by atoms with Crippen LogP contribution in [-0.2, 0) is 5.41 Å². The monoisotopic (exact) mass is 287 g/mol. The molecule has 0 amide bonds. The minimum absolute atomic E-state index is 0. The fraction of sp³-hybridized carbons (Fsp3) is 0.333. The summed E-state index contributed by atoms with van der Waals surface area (Å²) in [6.45, 7) is 3.43. The van der Waals surface area contributed by atoms with Gasteiger partial charge >= 0.3 is 0 Å². The van der Waals surface area contributed by atoms with Crippen molar-refractivity contribution in [2.45, 2.75) is 24.8 Å².